The molecule has 1 aromatic rings. The summed E-state index contributed by atoms with van der Waals surface area (Å²) in [6.45, 7) is -0.421. The van der Waals surface area contributed by atoms with E-state index in [1.807, 2.05) is 0 Å². The van der Waals surface area contributed by atoms with Crippen molar-refractivity contribution in [3.63, 3.8) is 0 Å². The molecule has 0 spiro atoms. The van der Waals surface area contributed by atoms with Gasteiger partial charge in [0.15, 0.2) is 0 Å². The third-order valence-corrected chi connectivity index (χ3v) is 1.77. The number of phenolic OH excluding ortho intramolecular Hbond substituents is 1. The molecule has 0 aliphatic rings. The molecule has 1 aromatic carbocycles. The third-order valence-electron chi connectivity index (χ3n) is 1.77. The van der Waals surface area contributed by atoms with Crippen molar-refractivity contribution in [2.24, 2.45) is 0 Å². The highest BCUT2D eigenvalue weighted by atomic mass is 16.5. The van der Waals surface area contributed by atoms with E-state index in [0.717, 1.165) is 6.07 Å². The van der Waals surface area contributed by atoms with E-state index in [2.05, 4.69) is 4.74 Å². The molecule has 0 unspecified atom stereocenters. The van der Waals surface area contributed by atoms with E-state index in [-0.39, 0.29) is 22.6 Å². The Bertz CT molecular complexity index is 358. The van der Waals surface area contributed by atoms with Crippen molar-refractivity contribution < 1.29 is 24.9 Å². The van der Waals surface area contributed by atoms with Crippen LogP contribution < -0.4 is 0 Å². The van der Waals surface area contributed by atoms with E-state index >= 15 is 0 Å². The lowest BCUT2D eigenvalue weighted by Crippen LogP contribution is -2.02. The van der Waals surface area contributed by atoms with Crippen molar-refractivity contribution in [3.05, 3.63) is 23.3 Å². The van der Waals surface area contributed by atoms with Crippen molar-refractivity contribution in [3.8, 4) is 11.5 Å². The van der Waals surface area contributed by atoms with Crippen LogP contribution in [0.25, 0.3) is 0 Å². The molecular formula is C9H10O5. The first-order valence-electron chi connectivity index (χ1n) is 3.84. The van der Waals surface area contributed by atoms with Gasteiger partial charge in [0, 0.05) is 11.6 Å². The molecule has 0 amide bonds. The predicted octanol–water partition coefficient (Wildman–Crippen LogP) is 0.377. The summed E-state index contributed by atoms with van der Waals surface area (Å²) in [5.74, 6) is -1.37. The van der Waals surface area contributed by atoms with Crippen LogP contribution in [0, 0.1) is 0 Å². The highest BCUT2D eigenvalue weighted by Gasteiger charge is 2.14. The maximum atomic E-state index is 11.1. The second-order valence-corrected chi connectivity index (χ2v) is 2.65. The first-order chi connectivity index (χ1) is 6.60. The van der Waals surface area contributed by atoms with Gasteiger partial charge in [-0.05, 0) is 6.07 Å². The van der Waals surface area contributed by atoms with E-state index < -0.39 is 12.6 Å². The second-order valence-electron chi connectivity index (χ2n) is 2.65. The van der Waals surface area contributed by atoms with Gasteiger partial charge < -0.3 is 20.1 Å². The number of aliphatic hydroxyl groups is 1. The van der Waals surface area contributed by atoms with Crippen LogP contribution in [0.5, 0.6) is 11.5 Å². The van der Waals surface area contributed by atoms with Gasteiger partial charge in [-0.3, -0.25) is 0 Å². The molecule has 0 fully saturated rings. The summed E-state index contributed by atoms with van der Waals surface area (Å²) in [6, 6.07) is 2.16. The molecule has 5 heteroatoms. The fraction of sp³-hybridized carbons (Fsp3) is 0.222. The molecule has 0 aromatic heterocycles. The number of benzene rings is 1. The van der Waals surface area contributed by atoms with Crippen molar-refractivity contribution in [2.45, 2.75) is 6.61 Å². The minimum absolute atomic E-state index is 0.0886. The zero-order valence-electron chi connectivity index (χ0n) is 7.52. The molecule has 0 heterocycles. The number of ether oxygens (including phenoxy) is 1. The van der Waals surface area contributed by atoms with Gasteiger partial charge in [-0.25, -0.2) is 4.79 Å². The number of phenols is 2. The molecule has 0 aliphatic carbocycles. The summed E-state index contributed by atoms with van der Waals surface area (Å²) in [6.07, 6.45) is 0. The zero-order chi connectivity index (χ0) is 10.7. The van der Waals surface area contributed by atoms with Crippen LogP contribution in [0.2, 0.25) is 0 Å². The predicted molar refractivity (Wildman–Crippen MR) is 47.0 cm³/mol. The SMILES string of the molecule is COC(=O)c1cc(CO)c(O)cc1O. The van der Waals surface area contributed by atoms with E-state index in [4.69, 9.17) is 5.11 Å². The summed E-state index contributed by atoms with van der Waals surface area (Å²) < 4.78 is 4.39. The molecule has 76 valence electrons. The highest BCUT2D eigenvalue weighted by Crippen LogP contribution is 2.27. The molecule has 0 saturated carbocycles. The zero-order valence-corrected chi connectivity index (χ0v) is 7.52. The van der Waals surface area contributed by atoms with Crippen LogP contribution in [0.15, 0.2) is 12.1 Å². The normalized spacial score (nSPS) is 9.86. The number of carbonyl (C=O) groups is 1. The van der Waals surface area contributed by atoms with Gasteiger partial charge in [0.1, 0.15) is 17.1 Å². The number of methoxy groups -OCH3 is 1. The molecule has 0 aliphatic heterocycles. The Hall–Kier alpha value is -1.75. The van der Waals surface area contributed by atoms with Crippen LogP contribution >= 0.6 is 0 Å². The summed E-state index contributed by atoms with van der Waals surface area (Å²) >= 11 is 0. The van der Waals surface area contributed by atoms with Crippen LogP contribution in [0.1, 0.15) is 15.9 Å². The van der Waals surface area contributed by atoms with Crippen LogP contribution in [-0.4, -0.2) is 28.4 Å². The summed E-state index contributed by atoms with van der Waals surface area (Å²) in [7, 11) is 1.17. The molecule has 5 nitrogen and oxygen atoms in total. The number of aromatic hydroxyl groups is 2. The number of carbonyl (C=O) groups excluding carboxylic acids is 1. The van der Waals surface area contributed by atoms with Crippen LogP contribution in [0.3, 0.4) is 0 Å². The van der Waals surface area contributed by atoms with E-state index in [9.17, 15) is 15.0 Å². The van der Waals surface area contributed by atoms with Gasteiger partial charge in [0.05, 0.1) is 13.7 Å². The lowest BCUT2D eigenvalue weighted by molar-refractivity contribution is 0.0597. The molecule has 0 saturated heterocycles. The van der Waals surface area contributed by atoms with Crippen LogP contribution in [0.4, 0.5) is 0 Å². The van der Waals surface area contributed by atoms with Gasteiger partial charge in [-0.1, -0.05) is 0 Å². The van der Waals surface area contributed by atoms with Gasteiger partial charge >= 0.3 is 5.97 Å². The lowest BCUT2D eigenvalue weighted by atomic mass is 10.1. The standard InChI is InChI=1S/C9H10O5/c1-14-9(13)6-2-5(4-10)7(11)3-8(6)12/h2-3,10-12H,4H2,1H3. The first kappa shape index (κ1) is 10.3. The molecular weight excluding hydrogens is 188 g/mol. The lowest BCUT2D eigenvalue weighted by Gasteiger charge is -2.06. The Balaban J connectivity index is 3.24. The molecule has 14 heavy (non-hydrogen) atoms. The van der Waals surface area contributed by atoms with Gasteiger partial charge in [-0.15, -0.1) is 0 Å². The van der Waals surface area contributed by atoms with Crippen molar-refractivity contribution in [1.82, 2.24) is 0 Å². The quantitative estimate of drug-likeness (QED) is 0.598. The van der Waals surface area contributed by atoms with Crippen molar-refractivity contribution in [1.29, 1.82) is 0 Å². The molecule has 3 N–H and O–H groups in total. The Morgan fingerprint density at radius 1 is 1.36 bits per heavy atom. The Labute approximate surface area is 80.2 Å². The van der Waals surface area contributed by atoms with Crippen molar-refractivity contribution >= 4 is 5.97 Å². The Morgan fingerprint density at radius 3 is 2.50 bits per heavy atom. The molecule has 0 atom stereocenters. The number of hydrogen-bond donors (Lipinski definition) is 3. The minimum Gasteiger partial charge on any atom is -0.507 e. The van der Waals surface area contributed by atoms with E-state index in [0.29, 0.717) is 0 Å². The first-order valence-corrected chi connectivity index (χ1v) is 3.84. The number of hydrogen-bond acceptors (Lipinski definition) is 5. The van der Waals surface area contributed by atoms with E-state index in [1.165, 1.54) is 13.2 Å². The van der Waals surface area contributed by atoms with Gasteiger partial charge in [-0.2, -0.15) is 0 Å². The summed E-state index contributed by atoms with van der Waals surface area (Å²) in [4.78, 5) is 11.1. The maximum absolute atomic E-state index is 11.1. The topological polar surface area (TPSA) is 87.0 Å². The average Bonchev–Trinajstić information content (AvgIpc) is 2.17. The fourth-order valence-electron chi connectivity index (χ4n) is 1.02. The smallest absolute Gasteiger partial charge is 0.341 e. The van der Waals surface area contributed by atoms with Gasteiger partial charge in [0.25, 0.3) is 0 Å². The minimum atomic E-state index is -0.725. The van der Waals surface area contributed by atoms with Crippen LogP contribution in [-0.2, 0) is 11.3 Å². The third kappa shape index (κ3) is 1.77. The molecule has 0 radical (unpaired) electrons. The van der Waals surface area contributed by atoms with Gasteiger partial charge in [0.2, 0.25) is 0 Å². The summed E-state index contributed by atoms with van der Waals surface area (Å²) in [5.41, 5.74) is 0.0672. The maximum Gasteiger partial charge on any atom is 0.341 e. The highest BCUT2D eigenvalue weighted by molar-refractivity contribution is 5.92. The largest absolute Gasteiger partial charge is 0.507 e. The number of rotatable bonds is 2. The summed E-state index contributed by atoms with van der Waals surface area (Å²) in [5, 5.41) is 27.3. The molecule has 0 bridgehead atoms. The average molecular weight is 198 g/mol. The monoisotopic (exact) mass is 198 g/mol. The number of aliphatic hydroxyl groups excluding tert-OH is 1. The second kappa shape index (κ2) is 3.97. The molecule has 1 rings (SSSR count). The Morgan fingerprint density at radius 2 is 2.00 bits per heavy atom. The Kier molecular flexibility index (Phi) is 2.93. The van der Waals surface area contributed by atoms with Crippen molar-refractivity contribution in [2.75, 3.05) is 7.11 Å². The fourth-order valence-corrected chi connectivity index (χ4v) is 1.02. The van der Waals surface area contributed by atoms with E-state index in [1.54, 1.807) is 0 Å². The number of esters is 1.